The number of carbonyl (C=O) groups excluding carboxylic acids is 1. The van der Waals surface area contributed by atoms with Crippen molar-refractivity contribution in [3.63, 3.8) is 0 Å². The number of benzene rings is 1. The van der Waals surface area contributed by atoms with Gasteiger partial charge in [-0.3, -0.25) is 9.79 Å². The highest BCUT2D eigenvalue weighted by atomic mass is 16.3. The molecule has 0 amide bonds. The molecule has 3 nitrogen and oxygen atoms in total. The molecular formula is C21H25NO2. The molecule has 0 spiro atoms. The van der Waals surface area contributed by atoms with E-state index in [4.69, 9.17) is 0 Å². The zero-order valence-electron chi connectivity index (χ0n) is 14.5. The van der Waals surface area contributed by atoms with Crippen LogP contribution in [0.5, 0.6) is 5.75 Å². The minimum absolute atomic E-state index is 0.129. The van der Waals surface area contributed by atoms with Gasteiger partial charge in [0.2, 0.25) is 0 Å². The third-order valence-electron chi connectivity index (χ3n) is 6.53. The maximum Gasteiger partial charge on any atom is 0.141 e. The molecule has 1 N–H and O–H groups in total. The van der Waals surface area contributed by atoms with Crippen LogP contribution in [0.25, 0.3) is 6.08 Å². The molecule has 0 saturated heterocycles. The van der Waals surface area contributed by atoms with Gasteiger partial charge in [0.1, 0.15) is 17.2 Å². The molecule has 2 saturated carbocycles. The van der Waals surface area contributed by atoms with Crippen molar-refractivity contribution in [3.8, 4) is 5.75 Å². The topological polar surface area (TPSA) is 49.7 Å². The smallest absolute Gasteiger partial charge is 0.141 e. The molecule has 2 fully saturated rings. The second-order valence-electron chi connectivity index (χ2n) is 7.76. The second-order valence-corrected chi connectivity index (χ2v) is 7.76. The normalized spacial score (nSPS) is 34.2. The van der Waals surface area contributed by atoms with E-state index in [1.54, 1.807) is 0 Å². The molecular weight excluding hydrogens is 298 g/mol. The van der Waals surface area contributed by atoms with Crippen LogP contribution >= 0.6 is 0 Å². The van der Waals surface area contributed by atoms with Crippen LogP contribution in [-0.2, 0) is 4.79 Å². The Balaban J connectivity index is 1.72. The van der Waals surface area contributed by atoms with E-state index in [0.29, 0.717) is 29.2 Å². The number of phenols is 1. The largest absolute Gasteiger partial charge is 0.506 e. The summed E-state index contributed by atoms with van der Waals surface area (Å²) in [6.07, 6.45) is 10.9. The van der Waals surface area contributed by atoms with Crippen LogP contribution < -0.4 is 0 Å². The van der Waals surface area contributed by atoms with E-state index in [0.717, 1.165) is 32.1 Å². The molecule has 24 heavy (non-hydrogen) atoms. The Kier molecular flexibility index (Phi) is 3.63. The first-order valence-corrected chi connectivity index (χ1v) is 9.15. The molecule has 3 heteroatoms. The third-order valence-corrected chi connectivity index (χ3v) is 6.53. The van der Waals surface area contributed by atoms with Gasteiger partial charge < -0.3 is 5.11 Å². The monoisotopic (exact) mass is 323 g/mol. The van der Waals surface area contributed by atoms with E-state index in [2.05, 4.69) is 24.1 Å². The molecule has 0 aromatic heterocycles. The minimum atomic E-state index is -0.129. The molecule has 1 aromatic rings. The van der Waals surface area contributed by atoms with E-state index in [1.165, 1.54) is 11.1 Å². The number of hydrogen-bond acceptors (Lipinski definition) is 3. The van der Waals surface area contributed by atoms with Gasteiger partial charge in [0.05, 0.1) is 0 Å². The Morgan fingerprint density at radius 2 is 2.21 bits per heavy atom. The van der Waals surface area contributed by atoms with Crippen molar-refractivity contribution in [1.29, 1.82) is 0 Å². The highest BCUT2D eigenvalue weighted by Gasteiger charge is 2.53. The maximum absolute atomic E-state index is 12.4. The predicted octanol–water partition coefficient (Wildman–Crippen LogP) is 5.01. The lowest BCUT2D eigenvalue weighted by molar-refractivity contribution is -0.128. The number of aliphatic imine (C=N–C) groups is 1. The lowest BCUT2D eigenvalue weighted by Gasteiger charge is -2.46. The fraction of sp³-hybridized carbons (Fsp3) is 0.524. The Morgan fingerprint density at radius 3 is 3.00 bits per heavy atom. The first kappa shape index (κ1) is 15.6. The van der Waals surface area contributed by atoms with Crippen molar-refractivity contribution >= 4 is 23.8 Å². The molecule has 3 aliphatic rings. The van der Waals surface area contributed by atoms with E-state index in [9.17, 15) is 9.90 Å². The van der Waals surface area contributed by atoms with Crippen molar-refractivity contribution in [3.05, 3.63) is 29.3 Å². The van der Waals surface area contributed by atoms with Crippen LogP contribution in [-0.4, -0.2) is 17.1 Å². The summed E-state index contributed by atoms with van der Waals surface area (Å²) in [5, 5.41) is 10.4. The van der Waals surface area contributed by atoms with Gasteiger partial charge in [-0.1, -0.05) is 26.0 Å². The minimum Gasteiger partial charge on any atom is -0.506 e. The SMILES string of the molecule is CCC=Nc1cc2c(cc1O)[C@H]1CC[C@]3(C)C(=O)CC[C@H]3[C@@H]1C=C2. The molecule has 0 aliphatic heterocycles. The number of allylic oxidation sites excluding steroid dienone is 1. The van der Waals surface area contributed by atoms with Crippen LogP contribution in [0.1, 0.15) is 63.0 Å². The number of rotatable bonds is 2. The van der Waals surface area contributed by atoms with E-state index >= 15 is 0 Å². The van der Waals surface area contributed by atoms with Gasteiger partial charge in [0.25, 0.3) is 0 Å². The average Bonchev–Trinajstić information content (AvgIpc) is 2.88. The van der Waals surface area contributed by atoms with Crippen LogP contribution in [0.4, 0.5) is 5.69 Å². The zero-order valence-corrected chi connectivity index (χ0v) is 14.5. The highest BCUT2D eigenvalue weighted by Crippen LogP contribution is 2.59. The molecule has 126 valence electrons. The van der Waals surface area contributed by atoms with Gasteiger partial charge in [-0.15, -0.1) is 0 Å². The Labute approximate surface area is 143 Å². The molecule has 0 heterocycles. The predicted molar refractivity (Wildman–Crippen MR) is 96.9 cm³/mol. The van der Waals surface area contributed by atoms with Crippen LogP contribution in [0.3, 0.4) is 0 Å². The Morgan fingerprint density at radius 1 is 1.38 bits per heavy atom. The summed E-state index contributed by atoms with van der Waals surface area (Å²) in [5.74, 6) is 2.02. The molecule has 0 unspecified atom stereocenters. The van der Waals surface area contributed by atoms with Crippen LogP contribution in [0, 0.1) is 17.3 Å². The van der Waals surface area contributed by atoms with Crippen LogP contribution in [0.15, 0.2) is 23.2 Å². The first-order chi connectivity index (χ1) is 11.5. The standard InChI is InChI=1S/C21H25NO2/c1-3-10-22-18-11-13-4-5-15-14(16(13)12-19(18)23)8-9-21(2)17(15)6-7-20(21)24/h4-5,10-12,14-15,17,23H,3,6-9H2,1-2H3/t14-,15+,17-,21-/m0/s1. The summed E-state index contributed by atoms with van der Waals surface area (Å²) >= 11 is 0. The average molecular weight is 323 g/mol. The number of ketones is 1. The van der Waals surface area contributed by atoms with Crippen molar-refractivity contribution < 1.29 is 9.90 Å². The fourth-order valence-corrected chi connectivity index (χ4v) is 5.18. The summed E-state index contributed by atoms with van der Waals surface area (Å²) in [6, 6.07) is 3.91. The second kappa shape index (κ2) is 5.58. The highest BCUT2D eigenvalue weighted by molar-refractivity contribution is 5.87. The number of nitrogens with zero attached hydrogens (tertiary/aromatic N) is 1. The zero-order chi connectivity index (χ0) is 16.9. The summed E-state index contributed by atoms with van der Waals surface area (Å²) in [4.78, 5) is 16.7. The number of Topliss-reactive ketones (excluding diaryl/α,β-unsaturated/α-hetero) is 1. The van der Waals surface area contributed by atoms with Gasteiger partial charge in [0, 0.05) is 18.1 Å². The lowest BCUT2D eigenvalue weighted by Crippen LogP contribution is -2.40. The third kappa shape index (κ3) is 2.17. The first-order valence-electron chi connectivity index (χ1n) is 9.15. The summed E-state index contributed by atoms with van der Waals surface area (Å²) < 4.78 is 0. The van der Waals surface area contributed by atoms with Gasteiger partial charge >= 0.3 is 0 Å². The molecule has 4 atom stereocenters. The summed E-state index contributed by atoms with van der Waals surface area (Å²) in [6.45, 7) is 4.21. The van der Waals surface area contributed by atoms with Crippen molar-refractivity contribution in [2.75, 3.05) is 0 Å². The van der Waals surface area contributed by atoms with E-state index < -0.39 is 0 Å². The number of carbonyl (C=O) groups is 1. The Bertz CT molecular complexity index is 748. The number of aromatic hydroxyl groups is 1. The molecule has 3 aliphatic carbocycles. The van der Waals surface area contributed by atoms with Gasteiger partial charge in [-0.05, 0) is 66.7 Å². The Hall–Kier alpha value is -1.90. The van der Waals surface area contributed by atoms with Gasteiger partial charge in [-0.2, -0.15) is 0 Å². The number of hydrogen-bond donors (Lipinski definition) is 1. The number of phenolic OH excluding ortho intramolecular Hbond substituents is 1. The van der Waals surface area contributed by atoms with Gasteiger partial charge in [-0.25, -0.2) is 0 Å². The summed E-state index contributed by atoms with van der Waals surface area (Å²) in [5.41, 5.74) is 2.92. The lowest BCUT2D eigenvalue weighted by atomic mass is 9.57. The summed E-state index contributed by atoms with van der Waals surface area (Å²) in [7, 11) is 0. The van der Waals surface area contributed by atoms with E-state index in [1.807, 2.05) is 25.3 Å². The quantitative estimate of drug-likeness (QED) is 0.778. The van der Waals surface area contributed by atoms with Crippen molar-refractivity contribution in [2.45, 2.75) is 51.9 Å². The van der Waals surface area contributed by atoms with Crippen molar-refractivity contribution in [2.24, 2.45) is 22.2 Å². The molecule has 1 aromatic carbocycles. The van der Waals surface area contributed by atoms with Crippen molar-refractivity contribution in [1.82, 2.24) is 0 Å². The van der Waals surface area contributed by atoms with E-state index in [-0.39, 0.29) is 11.2 Å². The molecule has 0 bridgehead atoms. The van der Waals surface area contributed by atoms with Gasteiger partial charge in [0.15, 0.2) is 0 Å². The maximum atomic E-state index is 12.4. The molecule has 4 rings (SSSR count). The number of fused-ring (bicyclic) bond motifs is 5. The fourth-order valence-electron chi connectivity index (χ4n) is 5.18. The van der Waals surface area contributed by atoms with Crippen LogP contribution in [0.2, 0.25) is 0 Å². The molecule has 0 radical (unpaired) electrons.